The lowest BCUT2D eigenvalue weighted by Gasteiger charge is -2.17. The highest BCUT2D eigenvalue weighted by Gasteiger charge is 2.27. The van der Waals surface area contributed by atoms with Crippen molar-refractivity contribution in [2.75, 3.05) is 13.1 Å². The molecule has 0 spiro atoms. The highest BCUT2D eigenvalue weighted by Crippen LogP contribution is 1.96. The molecule has 0 aromatic carbocycles. The fourth-order valence-electron chi connectivity index (χ4n) is 0.992. The van der Waals surface area contributed by atoms with E-state index in [-0.39, 0.29) is 9.80 Å². The van der Waals surface area contributed by atoms with E-state index in [1.54, 1.807) is 0 Å². The van der Waals surface area contributed by atoms with E-state index >= 15 is 0 Å². The molecule has 0 aliphatic rings. The Balaban J connectivity index is 0. The Hall–Kier alpha value is -4.31. The number of hydrogen-bond donors (Lipinski definition) is 7. The van der Waals surface area contributed by atoms with Crippen LogP contribution >= 0.6 is 0 Å². The van der Waals surface area contributed by atoms with Crippen molar-refractivity contribution in [3.05, 3.63) is 0 Å². The van der Waals surface area contributed by atoms with E-state index in [9.17, 15) is 33.6 Å². The lowest BCUT2D eigenvalue weighted by Crippen LogP contribution is -2.44. The van der Waals surface area contributed by atoms with Crippen molar-refractivity contribution in [1.29, 1.82) is 0 Å². The molecule has 146 valence electrons. The minimum Gasteiger partial charge on any atom is -0.465 e. The first-order chi connectivity index (χ1) is 11.7. The Morgan fingerprint density at radius 2 is 0.615 bits per heavy atom. The summed E-state index contributed by atoms with van der Waals surface area (Å²) in [6.45, 7) is -1.58. The molecule has 17 heteroatoms. The van der Waals surface area contributed by atoms with Crippen LogP contribution in [0.5, 0.6) is 0 Å². The molecular formula is C9H11N3O14. The van der Waals surface area contributed by atoms with Crippen LogP contribution in [0.25, 0.3) is 0 Å². The van der Waals surface area contributed by atoms with E-state index in [2.05, 4.69) is 0 Å². The van der Waals surface area contributed by atoms with Crippen LogP contribution in [0.1, 0.15) is 0 Å². The molecule has 7 N–H and O–H groups in total. The molecule has 0 aliphatic carbocycles. The lowest BCUT2D eigenvalue weighted by molar-refractivity contribution is 0.103. The van der Waals surface area contributed by atoms with Gasteiger partial charge < -0.3 is 35.7 Å². The van der Waals surface area contributed by atoms with Crippen molar-refractivity contribution in [3.8, 4) is 0 Å². The number of nitrogens with zero attached hydrogens (tertiary/aromatic N) is 3. The summed E-state index contributed by atoms with van der Waals surface area (Å²) in [6.07, 6.45) is -13.4. The van der Waals surface area contributed by atoms with Crippen molar-refractivity contribution in [1.82, 2.24) is 14.7 Å². The maximum absolute atomic E-state index is 10.3. The zero-order valence-corrected chi connectivity index (χ0v) is 12.2. The van der Waals surface area contributed by atoms with Crippen LogP contribution in [0.2, 0.25) is 0 Å². The van der Waals surface area contributed by atoms with Gasteiger partial charge in [-0.3, -0.25) is 0 Å². The molecule has 0 saturated carbocycles. The number of hydrogen-bond acceptors (Lipinski definition) is 7. The van der Waals surface area contributed by atoms with Crippen LogP contribution in [0.15, 0.2) is 0 Å². The highest BCUT2D eigenvalue weighted by molar-refractivity contribution is 6.01. The number of imide groups is 5. The third-order valence-corrected chi connectivity index (χ3v) is 2.04. The van der Waals surface area contributed by atoms with Crippen LogP contribution in [-0.4, -0.2) is 106 Å². The van der Waals surface area contributed by atoms with Crippen molar-refractivity contribution in [2.24, 2.45) is 0 Å². The molecule has 0 bridgehead atoms. The molecule has 17 nitrogen and oxygen atoms in total. The van der Waals surface area contributed by atoms with Crippen molar-refractivity contribution >= 4 is 42.7 Å². The van der Waals surface area contributed by atoms with Gasteiger partial charge in [-0.25, -0.2) is 43.4 Å². The predicted octanol–water partition coefficient (Wildman–Crippen LogP) is 0.625. The summed E-state index contributed by atoms with van der Waals surface area (Å²) in [4.78, 5) is 69.5. The second-order valence-corrected chi connectivity index (χ2v) is 3.62. The van der Waals surface area contributed by atoms with E-state index in [0.29, 0.717) is 0 Å². The van der Waals surface area contributed by atoms with E-state index in [1.807, 2.05) is 0 Å². The standard InChI is InChI=1S/C6H8N2O8.C3H3NO6/c9-3(10)7(4(11)12)1-2-8(5(13)14)6(15)16;5-1(6)4(2(7)8)3(9)10/h1-2H2,(H,9,10)(H,11,12)(H,13,14)(H,15,16);(H,5,6)(H,7,8)(H,9,10). The van der Waals surface area contributed by atoms with Crippen molar-refractivity contribution in [3.63, 3.8) is 0 Å². The molecule has 0 aromatic heterocycles. The first kappa shape index (κ1) is 23.9. The molecule has 0 fully saturated rings. The van der Waals surface area contributed by atoms with Crippen molar-refractivity contribution < 1.29 is 69.3 Å². The van der Waals surface area contributed by atoms with Gasteiger partial charge in [0.25, 0.3) is 0 Å². The highest BCUT2D eigenvalue weighted by atomic mass is 16.5. The summed E-state index contributed by atoms with van der Waals surface area (Å²) < 4.78 is 0. The lowest BCUT2D eigenvalue weighted by atomic mass is 10.5. The van der Waals surface area contributed by atoms with E-state index in [1.165, 1.54) is 0 Å². The third-order valence-electron chi connectivity index (χ3n) is 2.04. The van der Waals surface area contributed by atoms with Gasteiger partial charge in [0.05, 0.1) is 13.1 Å². The Morgan fingerprint density at radius 1 is 0.423 bits per heavy atom. The van der Waals surface area contributed by atoms with Gasteiger partial charge in [0.2, 0.25) is 0 Å². The number of amides is 7. The van der Waals surface area contributed by atoms with Crippen LogP contribution in [0.4, 0.5) is 33.6 Å². The van der Waals surface area contributed by atoms with Gasteiger partial charge in [0.1, 0.15) is 0 Å². The van der Waals surface area contributed by atoms with Gasteiger partial charge in [-0.15, -0.1) is 4.90 Å². The monoisotopic (exact) mass is 385 g/mol. The molecule has 0 aromatic rings. The first-order valence-electron chi connectivity index (χ1n) is 5.69. The average molecular weight is 385 g/mol. The SMILES string of the molecule is O=C(O)N(C(=O)O)C(=O)O.O=C(O)N(CCN(C(=O)O)C(=O)O)C(=O)O. The Labute approximate surface area is 141 Å². The maximum atomic E-state index is 10.3. The van der Waals surface area contributed by atoms with Gasteiger partial charge in [0, 0.05) is 0 Å². The summed E-state index contributed by atoms with van der Waals surface area (Å²) in [7, 11) is 0. The average Bonchev–Trinajstić information content (AvgIpc) is 2.40. The second kappa shape index (κ2) is 10.5. The first-order valence-corrected chi connectivity index (χ1v) is 5.69. The Bertz CT molecular complexity index is 521. The van der Waals surface area contributed by atoms with E-state index < -0.39 is 60.6 Å². The fourth-order valence-corrected chi connectivity index (χ4v) is 0.992. The molecule has 0 unspecified atom stereocenters. The van der Waals surface area contributed by atoms with Crippen LogP contribution < -0.4 is 0 Å². The second-order valence-electron chi connectivity index (χ2n) is 3.62. The van der Waals surface area contributed by atoms with Crippen molar-refractivity contribution in [2.45, 2.75) is 0 Å². The maximum Gasteiger partial charge on any atom is 0.426 e. The summed E-state index contributed by atoms with van der Waals surface area (Å²) in [5.41, 5.74) is 0. The molecule has 26 heavy (non-hydrogen) atoms. The normalized spacial score (nSPS) is 8.92. The smallest absolute Gasteiger partial charge is 0.426 e. The zero-order chi connectivity index (χ0) is 21.2. The number of carbonyl (C=O) groups is 7. The molecular weight excluding hydrogens is 374 g/mol. The summed E-state index contributed by atoms with van der Waals surface area (Å²) >= 11 is 0. The van der Waals surface area contributed by atoms with Gasteiger partial charge in [0.15, 0.2) is 0 Å². The fraction of sp³-hybridized carbons (Fsp3) is 0.222. The van der Waals surface area contributed by atoms with Gasteiger partial charge in [-0.1, -0.05) is 0 Å². The minimum absolute atomic E-state index is 0.126. The third kappa shape index (κ3) is 8.36. The molecule has 0 heterocycles. The van der Waals surface area contributed by atoms with Crippen LogP contribution in [0, 0.1) is 0 Å². The summed E-state index contributed by atoms with van der Waals surface area (Å²) in [5, 5.41) is 57.1. The van der Waals surface area contributed by atoms with Gasteiger partial charge >= 0.3 is 42.7 Å². The van der Waals surface area contributed by atoms with Gasteiger partial charge in [-0.2, -0.15) is 0 Å². The minimum atomic E-state index is -2.04. The summed E-state index contributed by atoms with van der Waals surface area (Å²) in [5.74, 6) is 0. The van der Waals surface area contributed by atoms with Crippen LogP contribution in [0.3, 0.4) is 0 Å². The zero-order valence-electron chi connectivity index (χ0n) is 12.2. The number of rotatable bonds is 3. The molecule has 0 saturated heterocycles. The number of carboxylic acid groups (broad SMARTS) is 7. The topological polar surface area (TPSA) is 271 Å². The Morgan fingerprint density at radius 3 is 0.692 bits per heavy atom. The summed E-state index contributed by atoms with van der Waals surface area (Å²) in [6, 6.07) is 0. The molecule has 0 atom stereocenters. The van der Waals surface area contributed by atoms with E-state index in [4.69, 9.17) is 35.7 Å². The Kier molecular flexibility index (Phi) is 9.64. The van der Waals surface area contributed by atoms with E-state index in [0.717, 1.165) is 0 Å². The molecule has 0 rings (SSSR count). The molecule has 0 aliphatic heterocycles. The predicted molar refractivity (Wildman–Crippen MR) is 71.4 cm³/mol. The largest absolute Gasteiger partial charge is 0.465 e. The van der Waals surface area contributed by atoms with Crippen LogP contribution in [-0.2, 0) is 0 Å². The molecule has 7 amide bonds. The quantitative estimate of drug-likeness (QED) is 0.351. The van der Waals surface area contributed by atoms with Gasteiger partial charge in [-0.05, 0) is 0 Å². The molecule has 0 radical (unpaired) electrons.